The summed E-state index contributed by atoms with van der Waals surface area (Å²) in [5, 5.41) is 2.34. The second-order valence-electron chi connectivity index (χ2n) is 8.02. The molecule has 0 N–H and O–H groups in total. The Morgan fingerprint density at radius 3 is 2.68 bits per heavy atom. The molecule has 4 rings (SSSR count). The van der Waals surface area contributed by atoms with E-state index in [0.717, 1.165) is 16.5 Å². The summed E-state index contributed by atoms with van der Waals surface area (Å²) in [5.41, 5.74) is 3.25. The number of carbonyl (C=O) groups is 2. The molecule has 0 fully saturated rings. The molecule has 2 amide bonds. The second kappa shape index (κ2) is 8.70. The lowest BCUT2D eigenvalue weighted by atomic mass is 10.00. The van der Waals surface area contributed by atoms with Gasteiger partial charge in [-0.3, -0.25) is 19.4 Å². The van der Waals surface area contributed by atoms with Crippen molar-refractivity contribution < 1.29 is 9.59 Å². The molecule has 0 radical (unpaired) electrons. The maximum Gasteiger partial charge on any atom is 0.248 e. The fourth-order valence-corrected chi connectivity index (χ4v) is 3.95. The van der Waals surface area contributed by atoms with E-state index >= 15 is 0 Å². The quantitative estimate of drug-likeness (QED) is 0.613. The van der Waals surface area contributed by atoms with Crippen LogP contribution in [0, 0.1) is 6.92 Å². The number of pyridine rings is 1. The highest BCUT2D eigenvalue weighted by atomic mass is 16.2. The predicted octanol–water partition coefficient (Wildman–Crippen LogP) is 3.49. The Balaban J connectivity index is 1.54. The van der Waals surface area contributed by atoms with E-state index in [9.17, 15) is 9.59 Å². The number of likely N-dealkylation sites (N-methyl/N-ethyl adjacent to an activating group) is 2. The number of rotatable bonds is 4. The van der Waals surface area contributed by atoms with Crippen LogP contribution in [-0.2, 0) is 22.7 Å². The minimum atomic E-state index is -0.174. The first-order chi connectivity index (χ1) is 14.9. The lowest BCUT2D eigenvalue weighted by Crippen LogP contribution is -2.33. The zero-order valence-electron chi connectivity index (χ0n) is 18.1. The molecule has 0 spiro atoms. The van der Waals surface area contributed by atoms with Gasteiger partial charge >= 0.3 is 0 Å². The monoisotopic (exact) mass is 414 g/mol. The highest BCUT2D eigenvalue weighted by molar-refractivity contribution is 5.98. The van der Waals surface area contributed by atoms with Gasteiger partial charge in [-0.05, 0) is 41.9 Å². The van der Waals surface area contributed by atoms with E-state index in [-0.39, 0.29) is 18.4 Å². The number of fused-ring (bicyclic) bond motifs is 2. The third-order valence-electron chi connectivity index (χ3n) is 5.59. The largest absolute Gasteiger partial charge is 0.338 e. The number of benzene rings is 2. The number of anilines is 1. The molecular formula is C25H26N4O2. The molecule has 0 aliphatic carbocycles. The number of aryl methyl sites for hydroxylation is 1. The fraction of sp³-hybridized carbons (Fsp3) is 0.240. The van der Waals surface area contributed by atoms with Crippen LogP contribution in [0.15, 0.2) is 67.0 Å². The molecule has 0 atom stereocenters. The van der Waals surface area contributed by atoms with Gasteiger partial charge in [-0.2, -0.15) is 0 Å². The van der Waals surface area contributed by atoms with Gasteiger partial charge in [-0.1, -0.05) is 42.5 Å². The Hall–Kier alpha value is -3.51. The molecular weight excluding hydrogens is 388 g/mol. The molecule has 1 aliphatic heterocycles. The molecule has 6 nitrogen and oxygen atoms in total. The van der Waals surface area contributed by atoms with Crippen LogP contribution < -0.4 is 4.90 Å². The average Bonchev–Trinajstić information content (AvgIpc) is 2.88. The molecule has 2 heterocycles. The van der Waals surface area contributed by atoms with Crippen molar-refractivity contribution in [2.75, 3.05) is 25.5 Å². The molecule has 2 aromatic carbocycles. The maximum atomic E-state index is 12.8. The highest BCUT2D eigenvalue weighted by Gasteiger charge is 2.24. The Kier molecular flexibility index (Phi) is 5.82. The Bertz CT molecular complexity index is 1170. The van der Waals surface area contributed by atoms with E-state index in [1.807, 2.05) is 36.2 Å². The number of hydrogen-bond donors (Lipinski definition) is 0. The summed E-state index contributed by atoms with van der Waals surface area (Å²) >= 11 is 0. The van der Waals surface area contributed by atoms with Gasteiger partial charge in [0.25, 0.3) is 0 Å². The zero-order chi connectivity index (χ0) is 22.0. The van der Waals surface area contributed by atoms with Crippen molar-refractivity contribution in [3.63, 3.8) is 0 Å². The van der Waals surface area contributed by atoms with Crippen molar-refractivity contribution in [1.29, 1.82) is 0 Å². The minimum absolute atomic E-state index is 0.115. The van der Waals surface area contributed by atoms with E-state index in [1.54, 1.807) is 24.3 Å². The predicted molar refractivity (Wildman–Crippen MR) is 122 cm³/mol. The fourth-order valence-electron chi connectivity index (χ4n) is 3.95. The number of hydrogen-bond acceptors (Lipinski definition) is 4. The maximum absolute atomic E-state index is 12.8. The van der Waals surface area contributed by atoms with Gasteiger partial charge in [0.05, 0.1) is 6.54 Å². The molecule has 158 valence electrons. The summed E-state index contributed by atoms with van der Waals surface area (Å²) in [6.45, 7) is 3.47. The first-order valence-corrected chi connectivity index (χ1v) is 10.3. The lowest BCUT2D eigenvalue weighted by molar-refractivity contribution is -0.125. The van der Waals surface area contributed by atoms with Gasteiger partial charge in [-0.15, -0.1) is 0 Å². The first kappa shape index (κ1) is 20.8. The van der Waals surface area contributed by atoms with Gasteiger partial charge in [0.15, 0.2) is 0 Å². The van der Waals surface area contributed by atoms with Gasteiger partial charge in [0.1, 0.15) is 5.82 Å². The highest BCUT2D eigenvalue weighted by Crippen LogP contribution is 2.24. The SMILES string of the molecule is Cc1ccc(CN(C)C(=O)C=CN2C(=O)CN(C)Cc3cccnc32)c2ccccc12. The van der Waals surface area contributed by atoms with Crippen LogP contribution in [0.1, 0.15) is 16.7 Å². The summed E-state index contributed by atoms with van der Waals surface area (Å²) in [6, 6.07) is 16.2. The van der Waals surface area contributed by atoms with Crippen molar-refractivity contribution in [2.45, 2.75) is 20.0 Å². The van der Waals surface area contributed by atoms with Gasteiger partial charge in [0.2, 0.25) is 11.8 Å². The molecule has 3 aromatic rings. The smallest absolute Gasteiger partial charge is 0.248 e. The molecule has 0 bridgehead atoms. The van der Waals surface area contributed by atoms with E-state index in [0.29, 0.717) is 18.9 Å². The van der Waals surface area contributed by atoms with Crippen molar-refractivity contribution in [3.05, 3.63) is 83.7 Å². The second-order valence-corrected chi connectivity index (χ2v) is 8.02. The third kappa shape index (κ3) is 4.34. The zero-order valence-corrected chi connectivity index (χ0v) is 18.1. The van der Waals surface area contributed by atoms with Crippen LogP contribution in [0.3, 0.4) is 0 Å². The standard InChI is InChI=1S/C25H26N4O2/c1-18-10-11-19(22-9-5-4-8-21(18)22)16-28(3)23(30)12-14-29-24(31)17-27(2)15-20-7-6-13-26-25(20)29/h4-14H,15-17H2,1-3H3. The molecule has 31 heavy (non-hydrogen) atoms. The summed E-state index contributed by atoms with van der Waals surface area (Å²) in [4.78, 5) is 35.0. The van der Waals surface area contributed by atoms with Gasteiger partial charge < -0.3 is 4.90 Å². The Morgan fingerprint density at radius 2 is 1.87 bits per heavy atom. The van der Waals surface area contributed by atoms with Crippen LogP contribution in [0.25, 0.3) is 10.8 Å². The minimum Gasteiger partial charge on any atom is -0.338 e. The normalized spacial score (nSPS) is 14.7. The number of aromatic nitrogens is 1. The van der Waals surface area contributed by atoms with Crippen LogP contribution in [0.2, 0.25) is 0 Å². The van der Waals surface area contributed by atoms with Crippen molar-refractivity contribution in [2.24, 2.45) is 0 Å². The van der Waals surface area contributed by atoms with Crippen LogP contribution in [-0.4, -0.2) is 47.2 Å². The van der Waals surface area contributed by atoms with Crippen molar-refractivity contribution in [1.82, 2.24) is 14.8 Å². The molecule has 0 saturated carbocycles. The topological polar surface area (TPSA) is 56.8 Å². The molecule has 6 heteroatoms. The Labute approximate surface area is 182 Å². The van der Waals surface area contributed by atoms with Gasteiger partial charge in [-0.25, -0.2) is 4.98 Å². The summed E-state index contributed by atoms with van der Waals surface area (Å²) in [5.74, 6) is 0.289. The van der Waals surface area contributed by atoms with Crippen molar-refractivity contribution in [3.8, 4) is 0 Å². The molecule has 0 unspecified atom stereocenters. The lowest BCUT2D eigenvalue weighted by Gasteiger charge is -2.19. The van der Waals surface area contributed by atoms with Crippen LogP contribution in [0.4, 0.5) is 5.82 Å². The summed E-state index contributed by atoms with van der Waals surface area (Å²) in [6.07, 6.45) is 4.65. The molecule has 1 aromatic heterocycles. The van der Waals surface area contributed by atoms with E-state index < -0.39 is 0 Å². The number of nitrogens with zero attached hydrogens (tertiary/aromatic N) is 4. The third-order valence-corrected chi connectivity index (χ3v) is 5.59. The number of carbonyl (C=O) groups excluding carboxylic acids is 2. The van der Waals surface area contributed by atoms with Gasteiger partial charge in [0, 0.05) is 44.2 Å². The van der Waals surface area contributed by atoms with Crippen molar-refractivity contribution >= 4 is 28.4 Å². The summed E-state index contributed by atoms with van der Waals surface area (Å²) < 4.78 is 0. The molecule has 1 aliphatic rings. The number of amides is 2. The average molecular weight is 415 g/mol. The van der Waals surface area contributed by atoms with E-state index in [2.05, 4.69) is 36.2 Å². The van der Waals surface area contributed by atoms with Crippen LogP contribution in [0.5, 0.6) is 0 Å². The molecule has 0 saturated heterocycles. The Morgan fingerprint density at radius 1 is 1.10 bits per heavy atom. The van der Waals surface area contributed by atoms with E-state index in [1.165, 1.54) is 21.9 Å². The van der Waals surface area contributed by atoms with Crippen LogP contribution >= 0.6 is 0 Å². The summed E-state index contributed by atoms with van der Waals surface area (Å²) in [7, 11) is 3.66. The first-order valence-electron chi connectivity index (χ1n) is 10.3. The van der Waals surface area contributed by atoms with E-state index in [4.69, 9.17) is 0 Å².